The highest BCUT2D eigenvalue weighted by Crippen LogP contribution is 1.98. The van der Waals surface area contributed by atoms with Gasteiger partial charge in [-0.2, -0.15) is 0 Å². The van der Waals surface area contributed by atoms with E-state index in [-0.39, 0.29) is 0 Å². The molecule has 0 spiro atoms. The third-order valence-electron chi connectivity index (χ3n) is 1.68. The monoisotopic (exact) mass is 218 g/mol. The number of hydrogen-bond donors (Lipinski definition) is 0. The van der Waals surface area contributed by atoms with Crippen molar-refractivity contribution in [1.82, 2.24) is 0 Å². The molecule has 1 aliphatic rings. The molecule has 0 atom stereocenters. The van der Waals surface area contributed by atoms with E-state index >= 15 is 0 Å². The number of rotatable bonds is 4. The summed E-state index contributed by atoms with van der Waals surface area (Å²) in [4.78, 5) is 10.5. The Bertz CT molecular complexity index is 126. The molecular formula is C11H22O4. The highest BCUT2D eigenvalue weighted by atomic mass is 16.7. The van der Waals surface area contributed by atoms with Crippen LogP contribution in [0.3, 0.4) is 0 Å². The topological polar surface area (TPSA) is 44.8 Å². The molecule has 90 valence electrons. The van der Waals surface area contributed by atoms with Crippen LogP contribution in [0.5, 0.6) is 0 Å². The van der Waals surface area contributed by atoms with Crippen molar-refractivity contribution in [1.29, 1.82) is 0 Å². The van der Waals surface area contributed by atoms with E-state index in [9.17, 15) is 4.79 Å². The van der Waals surface area contributed by atoms with E-state index in [2.05, 4.69) is 9.47 Å². The molecule has 0 radical (unpaired) electrons. The van der Waals surface area contributed by atoms with Gasteiger partial charge in [-0.15, -0.1) is 0 Å². The number of ether oxygens (including phenoxy) is 3. The van der Waals surface area contributed by atoms with Crippen LogP contribution in [0.1, 0.15) is 39.5 Å². The Balaban J connectivity index is 0.000000322. The molecule has 0 N–H and O–H groups in total. The third kappa shape index (κ3) is 11.2. The van der Waals surface area contributed by atoms with Crippen LogP contribution in [-0.2, 0) is 14.2 Å². The third-order valence-corrected chi connectivity index (χ3v) is 1.68. The molecule has 1 heterocycles. The standard InChI is InChI=1S/C7H14O3.C4H8O/c1-3-5-9-7(8)10-6-4-2;1-2-4-5-3-1/h3-6H2,1-2H3;1-4H2. The molecule has 0 saturated carbocycles. The molecule has 0 bridgehead atoms. The van der Waals surface area contributed by atoms with Gasteiger partial charge in [-0.05, 0) is 25.7 Å². The molecule has 0 aromatic rings. The van der Waals surface area contributed by atoms with Gasteiger partial charge in [0.25, 0.3) is 0 Å². The molecule has 0 amide bonds. The Morgan fingerprint density at radius 2 is 1.53 bits per heavy atom. The molecule has 4 nitrogen and oxygen atoms in total. The first kappa shape index (κ1) is 14.2. The first-order chi connectivity index (χ1) is 7.31. The van der Waals surface area contributed by atoms with Gasteiger partial charge < -0.3 is 14.2 Å². The molecule has 0 unspecified atom stereocenters. The lowest BCUT2D eigenvalue weighted by Crippen LogP contribution is -2.08. The van der Waals surface area contributed by atoms with Crippen molar-refractivity contribution in [2.24, 2.45) is 0 Å². The zero-order valence-corrected chi connectivity index (χ0v) is 9.79. The normalized spacial score (nSPS) is 14.0. The van der Waals surface area contributed by atoms with E-state index in [4.69, 9.17) is 4.74 Å². The highest BCUT2D eigenvalue weighted by molar-refractivity contribution is 5.59. The smallest absolute Gasteiger partial charge is 0.434 e. The van der Waals surface area contributed by atoms with Crippen LogP contribution >= 0.6 is 0 Å². The van der Waals surface area contributed by atoms with Crippen molar-refractivity contribution in [2.45, 2.75) is 39.5 Å². The Kier molecular flexibility index (Phi) is 10.7. The van der Waals surface area contributed by atoms with E-state index in [1.807, 2.05) is 13.8 Å². The van der Waals surface area contributed by atoms with Gasteiger partial charge in [0.1, 0.15) is 0 Å². The lowest BCUT2D eigenvalue weighted by Gasteiger charge is -2.02. The summed E-state index contributed by atoms with van der Waals surface area (Å²) in [5.74, 6) is 0. The molecule has 4 heteroatoms. The maximum atomic E-state index is 10.5. The van der Waals surface area contributed by atoms with Gasteiger partial charge in [0.15, 0.2) is 0 Å². The van der Waals surface area contributed by atoms with Gasteiger partial charge in [0.2, 0.25) is 0 Å². The fourth-order valence-electron chi connectivity index (χ4n) is 0.923. The second-order valence-electron chi connectivity index (χ2n) is 3.27. The predicted octanol–water partition coefficient (Wildman–Crippen LogP) is 2.76. The fraction of sp³-hybridized carbons (Fsp3) is 0.909. The summed E-state index contributed by atoms with van der Waals surface area (Å²) in [5, 5.41) is 0. The molecular weight excluding hydrogens is 196 g/mol. The van der Waals surface area contributed by atoms with Crippen molar-refractivity contribution in [3.63, 3.8) is 0 Å². The second-order valence-corrected chi connectivity index (χ2v) is 3.27. The number of carbonyl (C=O) groups is 1. The van der Waals surface area contributed by atoms with Crippen LogP contribution < -0.4 is 0 Å². The van der Waals surface area contributed by atoms with Crippen LogP contribution in [0, 0.1) is 0 Å². The van der Waals surface area contributed by atoms with Crippen LogP contribution in [0.2, 0.25) is 0 Å². The van der Waals surface area contributed by atoms with E-state index in [1.165, 1.54) is 12.8 Å². The van der Waals surface area contributed by atoms with Crippen molar-refractivity contribution in [3.8, 4) is 0 Å². The summed E-state index contributed by atoms with van der Waals surface area (Å²) in [7, 11) is 0. The average molecular weight is 218 g/mol. The summed E-state index contributed by atoms with van der Waals surface area (Å²) in [5.41, 5.74) is 0. The molecule has 0 aliphatic carbocycles. The zero-order valence-electron chi connectivity index (χ0n) is 9.79. The number of carbonyl (C=O) groups excluding carboxylic acids is 1. The SMILES string of the molecule is C1CCOC1.CCCOC(=O)OCCC. The van der Waals surface area contributed by atoms with Gasteiger partial charge in [-0.25, -0.2) is 4.79 Å². The second kappa shape index (κ2) is 11.3. The van der Waals surface area contributed by atoms with Crippen LogP contribution in [0.15, 0.2) is 0 Å². The van der Waals surface area contributed by atoms with E-state index in [0.29, 0.717) is 13.2 Å². The first-order valence-electron chi connectivity index (χ1n) is 5.68. The molecule has 1 fully saturated rings. The Labute approximate surface area is 91.9 Å². The Morgan fingerprint density at radius 1 is 1.07 bits per heavy atom. The van der Waals surface area contributed by atoms with Crippen LogP contribution in [0.4, 0.5) is 4.79 Å². The maximum absolute atomic E-state index is 10.5. The van der Waals surface area contributed by atoms with Crippen molar-refractivity contribution < 1.29 is 19.0 Å². The summed E-state index contributed by atoms with van der Waals surface area (Å²) in [6.45, 7) is 6.77. The fourth-order valence-corrected chi connectivity index (χ4v) is 0.923. The van der Waals surface area contributed by atoms with E-state index in [0.717, 1.165) is 26.1 Å². The zero-order chi connectivity index (χ0) is 11.4. The van der Waals surface area contributed by atoms with Gasteiger partial charge in [0, 0.05) is 13.2 Å². The van der Waals surface area contributed by atoms with Crippen LogP contribution in [-0.4, -0.2) is 32.6 Å². The van der Waals surface area contributed by atoms with Crippen LogP contribution in [0.25, 0.3) is 0 Å². The summed E-state index contributed by atoms with van der Waals surface area (Å²) in [6, 6.07) is 0. The molecule has 1 saturated heterocycles. The van der Waals surface area contributed by atoms with Gasteiger partial charge in [-0.1, -0.05) is 13.8 Å². The Hall–Kier alpha value is -0.770. The van der Waals surface area contributed by atoms with Gasteiger partial charge in [-0.3, -0.25) is 0 Å². The average Bonchev–Trinajstić information content (AvgIpc) is 2.82. The molecule has 0 aromatic heterocycles. The summed E-state index contributed by atoms with van der Waals surface area (Å²) >= 11 is 0. The van der Waals surface area contributed by atoms with E-state index in [1.54, 1.807) is 0 Å². The summed E-state index contributed by atoms with van der Waals surface area (Å²) < 4.78 is 14.2. The molecule has 0 aromatic carbocycles. The van der Waals surface area contributed by atoms with Crippen molar-refractivity contribution in [3.05, 3.63) is 0 Å². The molecule has 1 aliphatic heterocycles. The predicted molar refractivity (Wildman–Crippen MR) is 57.9 cm³/mol. The Morgan fingerprint density at radius 3 is 1.80 bits per heavy atom. The number of hydrogen-bond acceptors (Lipinski definition) is 4. The largest absolute Gasteiger partial charge is 0.508 e. The van der Waals surface area contributed by atoms with Gasteiger partial charge in [0.05, 0.1) is 13.2 Å². The van der Waals surface area contributed by atoms with Gasteiger partial charge >= 0.3 is 6.16 Å². The molecule has 1 rings (SSSR count). The minimum Gasteiger partial charge on any atom is -0.434 e. The molecule has 15 heavy (non-hydrogen) atoms. The van der Waals surface area contributed by atoms with Crippen molar-refractivity contribution >= 4 is 6.16 Å². The maximum Gasteiger partial charge on any atom is 0.508 e. The quantitative estimate of drug-likeness (QED) is 0.681. The minimum absolute atomic E-state index is 0.447. The lowest BCUT2D eigenvalue weighted by atomic mass is 10.4. The lowest BCUT2D eigenvalue weighted by molar-refractivity contribution is 0.0555. The van der Waals surface area contributed by atoms with E-state index < -0.39 is 6.16 Å². The minimum atomic E-state index is -0.552. The van der Waals surface area contributed by atoms with Crippen molar-refractivity contribution in [2.75, 3.05) is 26.4 Å². The summed E-state index contributed by atoms with van der Waals surface area (Å²) in [6.07, 6.45) is 3.67. The first-order valence-corrected chi connectivity index (χ1v) is 5.68. The highest BCUT2D eigenvalue weighted by Gasteiger charge is 1.99.